The molecule has 0 fully saturated rings. The quantitative estimate of drug-likeness (QED) is 0.846. The van der Waals surface area contributed by atoms with Crippen molar-refractivity contribution >= 4 is 23.2 Å². The van der Waals surface area contributed by atoms with Gasteiger partial charge < -0.3 is 5.32 Å². The highest BCUT2D eigenvalue weighted by molar-refractivity contribution is 6.42. The van der Waals surface area contributed by atoms with Crippen LogP contribution in [0.4, 0.5) is 0 Å². The Hall–Kier alpha value is -1.03. The Labute approximate surface area is 110 Å². The minimum absolute atomic E-state index is 0.595. The van der Waals surface area contributed by atoms with Crippen molar-refractivity contribution in [3.05, 3.63) is 52.3 Å². The molecule has 0 atom stereocenters. The van der Waals surface area contributed by atoms with E-state index in [0.29, 0.717) is 16.6 Å². The molecular formula is C12H13Cl2N3. The lowest BCUT2D eigenvalue weighted by Crippen LogP contribution is -2.19. The first-order valence-corrected chi connectivity index (χ1v) is 6.14. The molecule has 2 rings (SSSR count). The molecule has 3 nitrogen and oxygen atoms in total. The van der Waals surface area contributed by atoms with Crippen LogP contribution in [0, 0.1) is 0 Å². The molecule has 1 aromatic carbocycles. The molecule has 0 spiro atoms. The van der Waals surface area contributed by atoms with Crippen LogP contribution in [-0.2, 0) is 13.1 Å². The van der Waals surface area contributed by atoms with Gasteiger partial charge in [0, 0.05) is 25.5 Å². The maximum atomic E-state index is 6.08. The topological polar surface area (TPSA) is 29.9 Å². The van der Waals surface area contributed by atoms with Crippen molar-refractivity contribution in [1.82, 2.24) is 15.1 Å². The van der Waals surface area contributed by atoms with E-state index in [1.807, 2.05) is 29.1 Å². The van der Waals surface area contributed by atoms with E-state index in [4.69, 9.17) is 23.2 Å². The zero-order chi connectivity index (χ0) is 12.1. The van der Waals surface area contributed by atoms with E-state index in [2.05, 4.69) is 10.4 Å². The molecule has 17 heavy (non-hydrogen) atoms. The van der Waals surface area contributed by atoms with Crippen LogP contribution >= 0.6 is 23.2 Å². The third-order valence-corrected chi connectivity index (χ3v) is 3.28. The summed E-state index contributed by atoms with van der Waals surface area (Å²) in [4.78, 5) is 0. The Kier molecular flexibility index (Phi) is 4.42. The second kappa shape index (κ2) is 6.05. The molecule has 2 aromatic rings. The fourth-order valence-electron chi connectivity index (χ4n) is 1.53. The number of nitrogens with one attached hydrogen (secondary N) is 1. The van der Waals surface area contributed by atoms with E-state index in [1.54, 1.807) is 12.3 Å². The van der Waals surface area contributed by atoms with Crippen molar-refractivity contribution < 1.29 is 0 Å². The van der Waals surface area contributed by atoms with Crippen molar-refractivity contribution in [3.63, 3.8) is 0 Å². The maximum Gasteiger partial charge on any atom is 0.0637 e. The lowest BCUT2D eigenvalue weighted by molar-refractivity contribution is 0.555. The smallest absolute Gasteiger partial charge is 0.0637 e. The minimum Gasteiger partial charge on any atom is -0.311 e. The Balaban J connectivity index is 1.80. The molecule has 0 aliphatic carbocycles. The lowest BCUT2D eigenvalue weighted by atomic mass is 10.2. The zero-order valence-corrected chi connectivity index (χ0v) is 10.7. The molecule has 0 aliphatic heterocycles. The molecule has 0 radical (unpaired) electrons. The predicted molar refractivity (Wildman–Crippen MR) is 70.4 cm³/mol. The first-order valence-electron chi connectivity index (χ1n) is 5.38. The fraction of sp³-hybridized carbons (Fsp3) is 0.250. The van der Waals surface area contributed by atoms with Crippen molar-refractivity contribution in [2.45, 2.75) is 13.1 Å². The maximum absolute atomic E-state index is 6.08. The van der Waals surface area contributed by atoms with E-state index in [0.717, 1.165) is 18.7 Å². The molecule has 1 aromatic heterocycles. The van der Waals surface area contributed by atoms with Gasteiger partial charge >= 0.3 is 0 Å². The van der Waals surface area contributed by atoms with Crippen molar-refractivity contribution in [1.29, 1.82) is 0 Å². The van der Waals surface area contributed by atoms with E-state index in [-0.39, 0.29) is 0 Å². The van der Waals surface area contributed by atoms with Crippen LogP contribution in [0.1, 0.15) is 5.56 Å². The SMILES string of the molecule is Clc1cccc(CNCCn2cccn2)c1Cl. The van der Waals surface area contributed by atoms with Gasteiger partial charge in [-0.1, -0.05) is 35.3 Å². The van der Waals surface area contributed by atoms with Gasteiger partial charge in [0.1, 0.15) is 0 Å². The molecule has 1 N–H and O–H groups in total. The van der Waals surface area contributed by atoms with E-state index < -0.39 is 0 Å². The molecule has 0 amide bonds. The monoisotopic (exact) mass is 269 g/mol. The van der Waals surface area contributed by atoms with Crippen LogP contribution in [0.2, 0.25) is 10.0 Å². The summed E-state index contributed by atoms with van der Waals surface area (Å²) in [5.41, 5.74) is 1.01. The van der Waals surface area contributed by atoms with Crippen LogP contribution in [0.3, 0.4) is 0 Å². The van der Waals surface area contributed by atoms with E-state index in [9.17, 15) is 0 Å². The number of nitrogens with zero attached hydrogens (tertiary/aromatic N) is 2. The van der Waals surface area contributed by atoms with Gasteiger partial charge in [-0.3, -0.25) is 4.68 Å². The molecule has 5 heteroatoms. The van der Waals surface area contributed by atoms with Crippen LogP contribution < -0.4 is 5.32 Å². The average Bonchev–Trinajstić information content (AvgIpc) is 2.83. The lowest BCUT2D eigenvalue weighted by Gasteiger charge is -2.07. The number of aromatic nitrogens is 2. The number of hydrogen-bond acceptors (Lipinski definition) is 2. The summed E-state index contributed by atoms with van der Waals surface area (Å²) in [5, 5.41) is 8.65. The van der Waals surface area contributed by atoms with Crippen LogP contribution in [0.5, 0.6) is 0 Å². The summed E-state index contributed by atoms with van der Waals surface area (Å²) in [6.07, 6.45) is 3.71. The van der Waals surface area contributed by atoms with Gasteiger partial charge in [-0.25, -0.2) is 0 Å². The largest absolute Gasteiger partial charge is 0.311 e. The summed E-state index contributed by atoms with van der Waals surface area (Å²) in [6.45, 7) is 2.39. The summed E-state index contributed by atoms with van der Waals surface area (Å²) in [6, 6.07) is 7.57. The second-order valence-corrected chi connectivity index (χ2v) is 4.44. The number of benzene rings is 1. The first kappa shape index (κ1) is 12.4. The van der Waals surface area contributed by atoms with Crippen molar-refractivity contribution in [2.24, 2.45) is 0 Å². The van der Waals surface area contributed by atoms with Crippen LogP contribution in [0.15, 0.2) is 36.7 Å². The predicted octanol–water partition coefficient (Wildman–Crippen LogP) is 2.98. The molecular weight excluding hydrogens is 257 g/mol. The zero-order valence-electron chi connectivity index (χ0n) is 9.24. The molecule has 0 bridgehead atoms. The van der Waals surface area contributed by atoms with Crippen LogP contribution in [-0.4, -0.2) is 16.3 Å². The normalized spacial score (nSPS) is 10.7. The van der Waals surface area contributed by atoms with Gasteiger partial charge in [0.25, 0.3) is 0 Å². The number of hydrogen-bond donors (Lipinski definition) is 1. The van der Waals surface area contributed by atoms with Gasteiger partial charge in [0.05, 0.1) is 16.6 Å². The highest BCUT2D eigenvalue weighted by Gasteiger charge is 2.03. The fourth-order valence-corrected chi connectivity index (χ4v) is 1.92. The average molecular weight is 270 g/mol. The standard InChI is InChI=1S/C12H13Cl2N3/c13-11-4-1-3-10(12(11)14)9-15-6-8-17-7-2-5-16-17/h1-5,7,15H,6,8-9H2. The van der Waals surface area contributed by atoms with E-state index in [1.165, 1.54) is 0 Å². The van der Waals surface area contributed by atoms with Crippen molar-refractivity contribution in [2.75, 3.05) is 6.54 Å². The molecule has 90 valence electrons. The van der Waals surface area contributed by atoms with Gasteiger partial charge in [-0.2, -0.15) is 5.10 Å². The first-order chi connectivity index (χ1) is 8.27. The highest BCUT2D eigenvalue weighted by Crippen LogP contribution is 2.25. The van der Waals surface area contributed by atoms with Gasteiger partial charge in [0.2, 0.25) is 0 Å². The molecule has 0 unspecified atom stereocenters. The van der Waals surface area contributed by atoms with Gasteiger partial charge in [-0.15, -0.1) is 0 Å². The summed E-state index contributed by atoms with van der Waals surface area (Å²) in [7, 11) is 0. The Bertz CT molecular complexity index is 469. The number of rotatable bonds is 5. The Morgan fingerprint density at radius 2 is 2.12 bits per heavy atom. The van der Waals surface area contributed by atoms with Gasteiger partial charge in [-0.05, 0) is 17.7 Å². The van der Waals surface area contributed by atoms with E-state index >= 15 is 0 Å². The molecule has 0 aliphatic rings. The highest BCUT2D eigenvalue weighted by atomic mass is 35.5. The summed E-state index contributed by atoms with van der Waals surface area (Å²) >= 11 is 12.0. The van der Waals surface area contributed by atoms with Crippen LogP contribution in [0.25, 0.3) is 0 Å². The van der Waals surface area contributed by atoms with Crippen molar-refractivity contribution in [3.8, 4) is 0 Å². The third kappa shape index (κ3) is 3.46. The Morgan fingerprint density at radius 3 is 2.88 bits per heavy atom. The summed E-state index contributed by atoms with van der Waals surface area (Å²) in [5.74, 6) is 0. The minimum atomic E-state index is 0.595. The third-order valence-electron chi connectivity index (χ3n) is 2.42. The second-order valence-electron chi connectivity index (χ2n) is 3.66. The molecule has 0 saturated heterocycles. The molecule has 1 heterocycles. The van der Waals surface area contributed by atoms with Gasteiger partial charge in [0.15, 0.2) is 0 Å². The number of halogens is 2. The summed E-state index contributed by atoms with van der Waals surface area (Å²) < 4.78 is 1.88. The Morgan fingerprint density at radius 1 is 1.24 bits per heavy atom. The molecule has 0 saturated carbocycles.